The van der Waals surface area contributed by atoms with Gasteiger partial charge in [-0.25, -0.2) is 0 Å². The molecule has 33 heavy (non-hydrogen) atoms. The van der Waals surface area contributed by atoms with Crippen molar-refractivity contribution in [3.05, 3.63) is 53.6 Å². The molecule has 1 unspecified atom stereocenters. The van der Waals surface area contributed by atoms with E-state index in [1.807, 2.05) is 24.3 Å². The van der Waals surface area contributed by atoms with Crippen molar-refractivity contribution in [3.63, 3.8) is 0 Å². The van der Waals surface area contributed by atoms with E-state index in [-0.39, 0.29) is 42.8 Å². The first kappa shape index (κ1) is 22.5. The van der Waals surface area contributed by atoms with Crippen LogP contribution < -0.4 is 4.90 Å². The Kier molecular flexibility index (Phi) is 6.01. The number of amides is 2. The number of thioether (sulfide) groups is 1. The van der Waals surface area contributed by atoms with Crippen molar-refractivity contribution in [3.8, 4) is 0 Å². The molecule has 1 aromatic rings. The van der Waals surface area contributed by atoms with Crippen LogP contribution in [0.5, 0.6) is 0 Å². The van der Waals surface area contributed by atoms with Gasteiger partial charge in [-0.1, -0.05) is 35.9 Å². The fraction of sp³-hybridized carbons (Fsp3) is 0.458. The number of ether oxygens (including phenoxy) is 1. The fourth-order valence-corrected chi connectivity index (χ4v) is 7.57. The Bertz CT molecular complexity index is 1030. The summed E-state index contributed by atoms with van der Waals surface area (Å²) in [5.41, 5.74) is 0.692. The topological polar surface area (TPSA) is 87.2 Å². The van der Waals surface area contributed by atoms with Gasteiger partial charge in [0.25, 0.3) is 5.91 Å². The predicted molar refractivity (Wildman–Crippen MR) is 126 cm³/mol. The number of rotatable bonds is 4. The molecular formula is C24H25ClN2O5S. The first-order chi connectivity index (χ1) is 16.0. The first-order valence-electron chi connectivity index (χ1n) is 11.1. The molecule has 0 saturated carbocycles. The van der Waals surface area contributed by atoms with Gasteiger partial charge >= 0.3 is 5.97 Å². The number of benzene rings is 1. The molecule has 2 saturated heterocycles. The van der Waals surface area contributed by atoms with Gasteiger partial charge in [0.2, 0.25) is 5.91 Å². The average molecular weight is 489 g/mol. The minimum atomic E-state index is -0.881. The Morgan fingerprint density at radius 3 is 2.70 bits per heavy atom. The molecule has 0 radical (unpaired) electrons. The summed E-state index contributed by atoms with van der Waals surface area (Å²) in [6, 6.07) is 6.25. The summed E-state index contributed by atoms with van der Waals surface area (Å²) in [7, 11) is 0. The summed E-state index contributed by atoms with van der Waals surface area (Å²) < 4.78 is 4.58. The van der Waals surface area contributed by atoms with E-state index in [1.165, 1.54) is 11.8 Å². The van der Waals surface area contributed by atoms with E-state index in [2.05, 4.69) is 0 Å². The summed E-state index contributed by atoms with van der Waals surface area (Å²) >= 11 is 7.56. The van der Waals surface area contributed by atoms with Crippen LogP contribution in [0.25, 0.3) is 0 Å². The highest BCUT2D eigenvalue weighted by Crippen LogP contribution is 2.60. The van der Waals surface area contributed by atoms with Crippen molar-refractivity contribution in [2.45, 2.75) is 28.9 Å². The van der Waals surface area contributed by atoms with Crippen molar-refractivity contribution in [1.82, 2.24) is 4.90 Å². The van der Waals surface area contributed by atoms with Crippen LogP contribution in [0.4, 0.5) is 5.69 Å². The summed E-state index contributed by atoms with van der Waals surface area (Å²) in [5.74, 6) is -2.16. The number of carbonyl (C=O) groups excluding carboxylic acids is 3. The van der Waals surface area contributed by atoms with Gasteiger partial charge in [-0.3, -0.25) is 14.4 Å². The molecule has 1 aromatic carbocycles. The summed E-state index contributed by atoms with van der Waals surface area (Å²) in [4.78, 5) is 44.0. The third-order valence-corrected chi connectivity index (χ3v) is 8.81. The number of cyclic esters (lactones) is 1. The molecule has 1 spiro atoms. The molecule has 9 heteroatoms. The number of anilines is 1. The molecule has 5 atom stereocenters. The molecule has 0 aliphatic carbocycles. The zero-order valence-electron chi connectivity index (χ0n) is 17.9. The third-order valence-electron chi connectivity index (χ3n) is 6.82. The van der Waals surface area contributed by atoms with Crippen LogP contribution in [0.2, 0.25) is 5.02 Å². The normalized spacial score (nSPS) is 33.2. The van der Waals surface area contributed by atoms with E-state index in [9.17, 15) is 19.5 Å². The summed E-state index contributed by atoms with van der Waals surface area (Å²) in [6.45, 7) is 0.787. The molecule has 2 fully saturated rings. The lowest BCUT2D eigenvalue weighted by atomic mass is 9.78. The van der Waals surface area contributed by atoms with Crippen LogP contribution in [-0.4, -0.2) is 70.1 Å². The monoisotopic (exact) mass is 488 g/mol. The lowest BCUT2D eigenvalue weighted by Crippen LogP contribution is -2.53. The van der Waals surface area contributed by atoms with Crippen molar-refractivity contribution in [1.29, 1.82) is 0 Å². The van der Waals surface area contributed by atoms with Gasteiger partial charge in [-0.05, 0) is 37.1 Å². The number of likely N-dealkylation sites (tertiary alicyclic amines) is 1. The van der Waals surface area contributed by atoms with E-state index in [0.29, 0.717) is 30.1 Å². The number of hydrogen-bond acceptors (Lipinski definition) is 6. The number of aliphatic hydroxyl groups is 1. The predicted octanol–water partition coefficient (Wildman–Crippen LogP) is 2.43. The zero-order valence-corrected chi connectivity index (χ0v) is 19.5. The molecule has 1 N–H and O–H groups in total. The summed E-state index contributed by atoms with van der Waals surface area (Å²) in [6.07, 6.45) is 8.84. The molecule has 2 amide bonds. The second kappa shape index (κ2) is 8.81. The highest BCUT2D eigenvalue weighted by molar-refractivity contribution is 8.02. The van der Waals surface area contributed by atoms with Crippen LogP contribution in [0, 0.1) is 11.8 Å². The SMILES string of the molecule is O=C1OCCC=C[C@H]2S[C@]34C=CCN(c5ccc(Cl)cc5)C(=O)C3N(CCCO)C(=O)[C@@H]4[C@@H]12. The lowest BCUT2D eigenvalue weighted by Gasteiger charge is -2.35. The smallest absolute Gasteiger partial charge is 0.311 e. The maximum absolute atomic E-state index is 14.0. The van der Waals surface area contributed by atoms with Crippen LogP contribution in [0.3, 0.4) is 0 Å². The first-order valence-corrected chi connectivity index (χ1v) is 12.4. The molecule has 4 aliphatic heterocycles. The highest BCUT2D eigenvalue weighted by atomic mass is 35.5. The Hall–Kier alpha value is -2.29. The van der Waals surface area contributed by atoms with Crippen molar-refractivity contribution in [2.24, 2.45) is 11.8 Å². The van der Waals surface area contributed by atoms with E-state index in [1.54, 1.807) is 34.1 Å². The molecule has 4 aliphatic rings. The highest BCUT2D eigenvalue weighted by Gasteiger charge is 2.70. The van der Waals surface area contributed by atoms with E-state index < -0.39 is 22.6 Å². The van der Waals surface area contributed by atoms with Gasteiger partial charge in [0.15, 0.2) is 0 Å². The molecule has 4 heterocycles. The number of carbonyl (C=O) groups is 3. The Morgan fingerprint density at radius 2 is 1.94 bits per heavy atom. The number of halogens is 1. The van der Waals surface area contributed by atoms with Gasteiger partial charge in [-0.2, -0.15) is 0 Å². The van der Waals surface area contributed by atoms with Crippen molar-refractivity contribution < 1.29 is 24.2 Å². The van der Waals surface area contributed by atoms with Crippen LogP contribution in [-0.2, 0) is 19.1 Å². The maximum Gasteiger partial charge on any atom is 0.311 e. The number of aliphatic hydroxyl groups excluding tert-OH is 1. The third kappa shape index (κ3) is 3.59. The lowest BCUT2D eigenvalue weighted by molar-refractivity contribution is -0.153. The zero-order chi connectivity index (χ0) is 23.2. The van der Waals surface area contributed by atoms with Crippen LogP contribution >= 0.6 is 23.4 Å². The molecule has 7 nitrogen and oxygen atoms in total. The molecular weight excluding hydrogens is 464 g/mol. The number of fused-ring (bicyclic) bond motifs is 2. The number of esters is 1. The van der Waals surface area contributed by atoms with E-state index in [0.717, 1.165) is 0 Å². The minimum Gasteiger partial charge on any atom is -0.465 e. The Morgan fingerprint density at radius 1 is 1.15 bits per heavy atom. The fourth-order valence-electron chi connectivity index (χ4n) is 5.44. The molecule has 0 bridgehead atoms. The molecule has 174 valence electrons. The number of hydrogen-bond donors (Lipinski definition) is 1. The maximum atomic E-state index is 14.0. The van der Waals surface area contributed by atoms with Crippen molar-refractivity contribution >= 4 is 46.8 Å². The second-order valence-electron chi connectivity index (χ2n) is 8.66. The van der Waals surface area contributed by atoms with Crippen LogP contribution in [0.1, 0.15) is 12.8 Å². The Labute approximate surface area is 201 Å². The quantitative estimate of drug-likeness (QED) is 0.517. The van der Waals surface area contributed by atoms with E-state index in [4.69, 9.17) is 16.3 Å². The van der Waals surface area contributed by atoms with Gasteiger partial charge in [0.05, 0.1) is 23.2 Å². The Balaban J connectivity index is 1.60. The van der Waals surface area contributed by atoms with Crippen LogP contribution in [0.15, 0.2) is 48.6 Å². The largest absolute Gasteiger partial charge is 0.465 e. The summed E-state index contributed by atoms with van der Waals surface area (Å²) in [5, 5.41) is 9.77. The molecule has 5 rings (SSSR count). The van der Waals surface area contributed by atoms with E-state index >= 15 is 0 Å². The number of nitrogens with zero attached hydrogens (tertiary/aromatic N) is 2. The van der Waals surface area contributed by atoms with Gasteiger partial charge < -0.3 is 19.6 Å². The standard InChI is InChI=1S/C24H25ClN2O5S/c25-15-6-8-16(9-7-15)26-11-3-10-24-19(18-17(33-24)5-1-2-14-32-23(18)31)21(29)27(12-4-13-28)20(24)22(26)30/h1,3,5-10,17-20,28H,2,4,11-14H2/t17-,18+,19+,20?,24+/m1/s1. The van der Waals surface area contributed by atoms with Gasteiger partial charge in [0.1, 0.15) is 6.04 Å². The second-order valence-corrected chi connectivity index (χ2v) is 10.6. The minimum absolute atomic E-state index is 0.0942. The van der Waals surface area contributed by atoms with Crippen molar-refractivity contribution in [2.75, 3.05) is 31.2 Å². The van der Waals surface area contributed by atoms with Gasteiger partial charge in [0, 0.05) is 35.7 Å². The van der Waals surface area contributed by atoms with Gasteiger partial charge in [-0.15, -0.1) is 11.8 Å². The molecule has 0 aromatic heterocycles. The average Bonchev–Trinajstić information content (AvgIpc) is 3.17.